The summed E-state index contributed by atoms with van der Waals surface area (Å²) >= 11 is 0. The van der Waals surface area contributed by atoms with Gasteiger partial charge in [0, 0.05) is 30.5 Å². The number of anilines is 2. The van der Waals surface area contributed by atoms with E-state index >= 15 is 0 Å². The van der Waals surface area contributed by atoms with E-state index < -0.39 is 5.69 Å². The number of nitrogens with zero attached hydrogens (tertiary/aromatic N) is 4. The number of nitrogens with one attached hydrogen (secondary N) is 1. The van der Waals surface area contributed by atoms with Crippen molar-refractivity contribution in [1.29, 1.82) is 0 Å². The van der Waals surface area contributed by atoms with Crippen molar-refractivity contribution in [2.45, 2.75) is 12.8 Å². The first-order valence-corrected chi connectivity index (χ1v) is 10.4. The van der Waals surface area contributed by atoms with E-state index in [-0.39, 0.29) is 11.6 Å². The normalized spacial score (nSPS) is 13.4. The highest BCUT2D eigenvalue weighted by molar-refractivity contribution is 5.95. The number of hydrogen-bond donors (Lipinski definition) is 2. The van der Waals surface area contributed by atoms with Crippen LogP contribution in [0, 0.1) is 0 Å². The maximum absolute atomic E-state index is 12.7. The minimum atomic E-state index is -0.810. The summed E-state index contributed by atoms with van der Waals surface area (Å²) in [6, 6.07) is 18.7. The second-order valence-electron chi connectivity index (χ2n) is 7.71. The van der Waals surface area contributed by atoms with Gasteiger partial charge in [0.1, 0.15) is 5.82 Å². The first-order valence-electron chi connectivity index (χ1n) is 10.4. The smallest absolute Gasteiger partial charge is 0.384 e. The van der Waals surface area contributed by atoms with E-state index in [1.165, 1.54) is 6.20 Å². The second-order valence-corrected chi connectivity index (χ2v) is 7.71. The molecule has 0 unspecified atom stereocenters. The first kappa shape index (κ1) is 19.7. The summed E-state index contributed by atoms with van der Waals surface area (Å²) in [5.74, 6) is 0.391. The van der Waals surface area contributed by atoms with E-state index in [4.69, 9.17) is 0 Å². The molecular weight excluding hydrogens is 406 g/mol. The van der Waals surface area contributed by atoms with Crippen molar-refractivity contribution in [3.63, 3.8) is 0 Å². The summed E-state index contributed by atoms with van der Waals surface area (Å²) in [5.41, 5.74) is 2.67. The maximum atomic E-state index is 12.7. The maximum Gasteiger partial charge on any atom is 0.384 e. The molecule has 1 aliphatic heterocycles. The molecular formula is C24H21N5O3. The van der Waals surface area contributed by atoms with Gasteiger partial charge in [0.15, 0.2) is 5.65 Å². The first-order chi connectivity index (χ1) is 15.6. The van der Waals surface area contributed by atoms with Gasteiger partial charge in [-0.2, -0.15) is 4.98 Å². The number of likely N-dealkylation sites (tertiary alicyclic amines) is 1. The number of fused-ring (bicyclic) bond motifs is 1. The molecule has 8 nitrogen and oxygen atoms in total. The molecule has 32 heavy (non-hydrogen) atoms. The van der Waals surface area contributed by atoms with Crippen LogP contribution in [0.2, 0.25) is 0 Å². The van der Waals surface area contributed by atoms with Crippen LogP contribution in [0.3, 0.4) is 0 Å². The predicted octanol–water partition coefficient (Wildman–Crippen LogP) is 3.68. The molecule has 3 heterocycles. The monoisotopic (exact) mass is 427 g/mol. The van der Waals surface area contributed by atoms with Crippen molar-refractivity contribution < 1.29 is 10.0 Å². The average molecular weight is 427 g/mol. The Labute approximate surface area is 183 Å². The van der Waals surface area contributed by atoms with E-state index in [0.29, 0.717) is 21.5 Å². The van der Waals surface area contributed by atoms with Gasteiger partial charge in [-0.15, -0.1) is 4.73 Å². The molecule has 0 saturated carbocycles. The van der Waals surface area contributed by atoms with Crippen LogP contribution in [0.15, 0.2) is 71.7 Å². The third kappa shape index (κ3) is 3.66. The number of amides is 1. The highest BCUT2D eigenvalue weighted by atomic mass is 16.5. The molecule has 1 amide bonds. The van der Waals surface area contributed by atoms with Crippen LogP contribution in [-0.4, -0.2) is 43.8 Å². The fraction of sp³-hybridized carbons (Fsp3) is 0.167. The number of carbonyl (C=O) groups is 1. The predicted molar refractivity (Wildman–Crippen MR) is 121 cm³/mol. The molecule has 0 spiro atoms. The number of rotatable bonds is 4. The van der Waals surface area contributed by atoms with Crippen molar-refractivity contribution in [3.05, 3.63) is 82.9 Å². The Hall–Kier alpha value is -4.20. The lowest BCUT2D eigenvalue weighted by Gasteiger charge is -2.16. The summed E-state index contributed by atoms with van der Waals surface area (Å²) in [5, 5.41) is 13.5. The third-order valence-electron chi connectivity index (χ3n) is 5.61. The molecule has 1 fully saturated rings. The van der Waals surface area contributed by atoms with E-state index in [0.717, 1.165) is 42.7 Å². The SMILES string of the molecule is O=C(c1cccc(-c2ccc(Nc3nc(=O)n(O)c4ncccc34)cc2)c1)N1CCCC1. The van der Waals surface area contributed by atoms with E-state index in [9.17, 15) is 14.8 Å². The Kier molecular flexibility index (Phi) is 5.03. The van der Waals surface area contributed by atoms with Gasteiger partial charge in [-0.05, 0) is 60.4 Å². The lowest BCUT2D eigenvalue weighted by molar-refractivity contribution is 0.0793. The summed E-state index contributed by atoms with van der Waals surface area (Å²) in [4.78, 5) is 34.5. The highest BCUT2D eigenvalue weighted by Crippen LogP contribution is 2.26. The third-order valence-corrected chi connectivity index (χ3v) is 5.61. The number of hydrogen-bond acceptors (Lipinski definition) is 6. The van der Waals surface area contributed by atoms with Crippen LogP contribution in [0.5, 0.6) is 0 Å². The molecule has 0 radical (unpaired) electrons. The summed E-state index contributed by atoms with van der Waals surface area (Å²) in [6.07, 6.45) is 3.62. The molecule has 8 heteroatoms. The van der Waals surface area contributed by atoms with Crippen molar-refractivity contribution in [1.82, 2.24) is 19.6 Å². The van der Waals surface area contributed by atoms with Crippen LogP contribution < -0.4 is 11.0 Å². The van der Waals surface area contributed by atoms with Crippen LogP contribution in [0.1, 0.15) is 23.2 Å². The zero-order chi connectivity index (χ0) is 22.1. The summed E-state index contributed by atoms with van der Waals surface area (Å²) in [7, 11) is 0. The number of carbonyl (C=O) groups excluding carboxylic acids is 1. The molecule has 1 saturated heterocycles. The fourth-order valence-corrected chi connectivity index (χ4v) is 3.96. The second kappa shape index (κ2) is 8.14. The Morgan fingerprint density at radius 1 is 0.969 bits per heavy atom. The molecule has 5 rings (SSSR count). The summed E-state index contributed by atoms with van der Waals surface area (Å²) in [6.45, 7) is 1.64. The Morgan fingerprint density at radius 2 is 1.75 bits per heavy atom. The minimum absolute atomic E-state index is 0.0767. The molecule has 160 valence electrons. The van der Waals surface area contributed by atoms with Gasteiger partial charge in [-0.1, -0.05) is 24.3 Å². The minimum Gasteiger partial charge on any atom is -0.422 e. The lowest BCUT2D eigenvalue weighted by atomic mass is 10.0. The molecule has 0 atom stereocenters. The van der Waals surface area contributed by atoms with Crippen LogP contribution >= 0.6 is 0 Å². The van der Waals surface area contributed by atoms with Crippen molar-refractivity contribution in [3.8, 4) is 11.1 Å². The number of aromatic nitrogens is 3. The topological polar surface area (TPSA) is 100 Å². The standard InChI is InChI=1S/C24H21N5O3/c30-23(28-13-1-2-14-28)18-6-3-5-17(15-18)16-8-10-19(11-9-16)26-21-20-7-4-12-25-22(20)29(32)24(31)27-21/h3-12,15,32H,1-2,13-14H2,(H,26,27,31). The fourth-order valence-electron chi connectivity index (χ4n) is 3.96. The van der Waals surface area contributed by atoms with Crippen molar-refractivity contribution >= 4 is 28.4 Å². The molecule has 2 aromatic carbocycles. The molecule has 0 bridgehead atoms. The van der Waals surface area contributed by atoms with E-state index in [1.807, 2.05) is 53.4 Å². The molecule has 2 aromatic heterocycles. The molecule has 4 aromatic rings. The molecule has 1 aliphatic rings. The van der Waals surface area contributed by atoms with Crippen molar-refractivity contribution in [2.75, 3.05) is 18.4 Å². The van der Waals surface area contributed by atoms with Gasteiger partial charge in [-0.3, -0.25) is 4.79 Å². The largest absolute Gasteiger partial charge is 0.422 e. The van der Waals surface area contributed by atoms with Crippen molar-refractivity contribution in [2.24, 2.45) is 0 Å². The van der Waals surface area contributed by atoms with Crippen LogP contribution in [0.25, 0.3) is 22.2 Å². The molecule has 0 aliphatic carbocycles. The zero-order valence-electron chi connectivity index (χ0n) is 17.2. The van der Waals surface area contributed by atoms with Crippen LogP contribution in [-0.2, 0) is 0 Å². The highest BCUT2D eigenvalue weighted by Gasteiger charge is 2.19. The Bertz CT molecular complexity index is 1360. The van der Waals surface area contributed by atoms with Gasteiger partial charge in [-0.25, -0.2) is 9.78 Å². The van der Waals surface area contributed by atoms with Gasteiger partial charge >= 0.3 is 5.69 Å². The quantitative estimate of drug-likeness (QED) is 0.482. The van der Waals surface area contributed by atoms with E-state index in [2.05, 4.69) is 15.3 Å². The van der Waals surface area contributed by atoms with Crippen LogP contribution in [0.4, 0.5) is 11.5 Å². The van der Waals surface area contributed by atoms with Gasteiger partial charge in [0.2, 0.25) is 0 Å². The zero-order valence-corrected chi connectivity index (χ0v) is 17.2. The lowest BCUT2D eigenvalue weighted by Crippen LogP contribution is -2.27. The number of benzene rings is 2. The number of pyridine rings is 1. The van der Waals surface area contributed by atoms with Gasteiger partial charge in [0.25, 0.3) is 5.91 Å². The average Bonchev–Trinajstić information content (AvgIpc) is 3.37. The van der Waals surface area contributed by atoms with Gasteiger partial charge < -0.3 is 15.4 Å². The van der Waals surface area contributed by atoms with E-state index in [1.54, 1.807) is 12.1 Å². The van der Waals surface area contributed by atoms with Gasteiger partial charge in [0.05, 0.1) is 5.39 Å². The molecule has 2 N–H and O–H groups in total. The Morgan fingerprint density at radius 3 is 2.53 bits per heavy atom. The Balaban J connectivity index is 1.40. The summed E-state index contributed by atoms with van der Waals surface area (Å²) < 4.78 is 0.431.